The zero-order valence-electron chi connectivity index (χ0n) is 13.3. The summed E-state index contributed by atoms with van der Waals surface area (Å²) in [6, 6.07) is 6.31. The minimum Gasteiger partial charge on any atom is -0.307 e. The Morgan fingerprint density at radius 3 is 2.43 bits per heavy atom. The van der Waals surface area contributed by atoms with Gasteiger partial charge >= 0.3 is 7.82 Å². The summed E-state index contributed by atoms with van der Waals surface area (Å²) in [6.07, 6.45) is 1.50. The third-order valence-electron chi connectivity index (χ3n) is 3.23. The maximum Gasteiger partial charge on any atom is 0.472 e. The fourth-order valence-corrected chi connectivity index (χ4v) is 2.54. The molecule has 1 aromatic rings. The smallest absolute Gasteiger partial charge is 0.307 e. The number of aryl methyl sites for hydroxylation is 3. The number of hydrogen-bond donors (Lipinski definition) is 1. The molecule has 0 amide bonds. The monoisotopic (exact) mass is 315 g/mol. The van der Waals surface area contributed by atoms with Gasteiger partial charge in [-0.15, -0.1) is 0 Å². The Morgan fingerprint density at radius 1 is 1.14 bits per heavy atom. The van der Waals surface area contributed by atoms with Gasteiger partial charge in [0.2, 0.25) is 0 Å². The van der Waals surface area contributed by atoms with Crippen LogP contribution < -0.4 is 0 Å². The minimum atomic E-state index is -3.91. The lowest BCUT2D eigenvalue weighted by Gasteiger charge is -2.14. The summed E-state index contributed by atoms with van der Waals surface area (Å²) in [5.74, 6) is 0. The lowest BCUT2D eigenvalue weighted by molar-refractivity contribution is 0.139. The summed E-state index contributed by atoms with van der Waals surface area (Å²) in [4.78, 5) is 11.4. The van der Waals surface area contributed by atoms with Crippen molar-refractivity contribution in [3.63, 3.8) is 0 Å². The Bertz CT molecular complexity index is 491. The van der Waals surface area contributed by atoms with E-state index in [0.717, 1.165) is 6.42 Å². The third kappa shape index (κ3) is 7.74. The van der Waals surface area contributed by atoms with Crippen LogP contribution >= 0.6 is 7.82 Å². The molecule has 0 saturated carbocycles. The highest BCUT2D eigenvalue weighted by atomic mass is 31.2. The highest BCUT2D eigenvalue weighted by molar-refractivity contribution is 7.47. The molecule has 6 heteroatoms. The summed E-state index contributed by atoms with van der Waals surface area (Å²) in [7, 11) is -0.172. The first-order valence-electron chi connectivity index (χ1n) is 7.13. The molecule has 21 heavy (non-hydrogen) atoms. The van der Waals surface area contributed by atoms with Crippen molar-refractivity contribution < 1.29 is 18.5 Å². The van der Waals surface area contributed by atoms with Crippen LogP contribution in [0.2, 0.25) is 0 Å². The van der Waals surface area contributed by atoms with Crippen molar-refractivity contribution in [2.75, 3.05) is 33.9 Å². The van der Waals surface area contributed by atoms with Crippen LogP contribution in [0.5, 0.6) is 0 Å². The quantitative estimate of drug-likeness (QED) is 0.561. The Balaban J connectivity index is 2.26. The normalized spacial score (nSPS) is 14.4. The maximum atomic E-state index is 11.6. The molecular formula is C15H26NO4P. The molecule has 0 aliphatic heterocycles. The van der Waals surface area contributed by atoms with Gasteiger partial charge in [-0.05, 0) is 57.5 Å². The van der Waals surface area contributed by atoms with E-state index in [-0.39, 0.29) is 13.2 Å². The second-order valence-electron chi connectivity index (χ2n) is 5.46. The summed E-state index contributed by atoms with van der Waals surface area (Å²) in [5.41, 5.74) is 3.74. The number of rotatable bonds is 9. The van der Waals surface area contributed by atoms with Crippen molar-refractivity contribution in [3.05, 3.63) is 34.9 Å². The average Bonchev–Trinajstić information content (AvgIpc) is 2.38. The fraction of sp³-hybridized carbons (Fsp3) is 0.600. The molecule has 0 bridgehead atoms. The van der Waals surface area contributed by atoms with Gasteiger partial charge in [0.05, 0.1) is 13.2 Å². The van der Waals surface area contributed by atoms with E-state index in [1.165, 1.54) is 16.7 Å². The van der Waals surface area contributed by atoms with Gasteiger partial charge in [0.1, 0.15) is 0 Å². The highest BCUT2D eigenvalue weighted by Crippen LogP contribution is 2.43. The van der Waals surface area contributed by atoms with Crippen LogP contribution in [-0.2, 0) is 20.0 Å². The molecule has 0 fully saturated rings. The molecule has 1 aromatic carbocycles. The van der Waals surface area contributed by atoms with Crippen molar-refractivity contribution >= 4 is 7.82 Å². The van der Waals surface area contributed by atoms with Crippen molar-refractivity contribution in [3.8, 4) is 0 Å². The van der Waals surface area contributed by atoms with Crippen molar-refractivity contribution in [1.82, 2.24) is 4.90 Å². The van der Waals surface area contributed by atoms with E-state index < -0.39 is 7.82 Å². The topological polar surface area (TPSA) is 59.0 Å². The molecule has 1 atom stereocenters. The van der Waals surface area contributed by atoms with Gasteiger partial charge in [-0.25, -0.2) is 4.57 Å². The van der Waals surface area contributed by atoms with E-state index in [0.29, 0.717) is 13.0 Å². The fourth-order valence-electron chi connectivity index (χ4n) is 1.79. The summed E-state index contributed by atoms with van der Waals surface area (Å²) < 4.78 is 21.4. The van der Waals surface area contributed by atoms with Crippen LogP contribution in [0, 0.1) is 13.8 Å². The molecule has 0 spiro atoms. The zero-order chi connectivity index (χ0) is 15.9. The van der Waals surface area contributed by atoms with E-state index in [9.17, 15) is 9.46 Å². The summed E-state index contributed by atoms with van der Waals surface area (Å²) in [5, 5.41) is 0. The lowest BCUT2D eigenvalue weighted by atomic mass is 10.0. The second kappa shape index (κ2) is 8.66. The summed E-state index contributed by atoms with van der Waals surface area (Å²) in [6.45, 7) is 5.13. The molecule has 5 nitrogen and oxygen atoms in total. The first-order valence-corrected chi connectivity index (χ1v) is 8.62. The molecule has 0 heterocycles. The molecule has 0 aliphatic carbocycles. The van der Waals surface area contributed by atoms with Gasteiger partial charge in [-0.3, -0.25) is 9.05 Å². The van der Waals surface area contributed by atoms with Crippen LogP contribution in [-0.4, -0.2) is 43.6 Å². The standard InChI is InChI=1S/C15H26NO4P/c1-13-7-8-15(12-14(13)2)6-5-10-19-21(17,18)20-11-9-16(3)4/h7-8,12H,5-6,9-11H2,1-4H3,(H,17,18). The van der Waals surface area contributed by atoms with Crippen LogP contribution in [0.3, 0.4) is 0 Å². The molecule has 0 radical (unpaired) electrons. The third-order valence-corrected chi connectivity index (χ3v) is 4.25. The van der Waals surface area contributed by atoms with Gasteiger partial charge in [0.25, 0.3) is 0 Å². The van der Waals surface area contributed by atoms with Gasteiger partial charge in [-0.2, -0.15) is 0 Å². The van der Waals surface area contributed by atoms with Crippen LogP contribution in [0.25, 0.3) is 0 Å². The predicted octanol–water partition coefficient (Wildman–Crippen LogP) is 2.93. The number of likely N-dealkylation sites (N-methyl/N-ethyl adjacent to an activating group) is 1. The number of phosphoric acid groups is 1. The van der Waals surface area contributed by atoms with Crippen molar-refractivity contribution in [1.29, 1.82) is 0 Å². The van der Waals surface area contributed by atoms with Crippen LogP contribution in [0.4, 0.5) is 0 Å². The van der Waals surface area contributed by atoms with E-state index in [2.05, 4.69) is 32.0 Å². The lowest BCUT2D eigenvalue weighted by Crippen LogP contribution is -2.17. The highest BCUT2D eigenvalue weighted by Gasteiger charge is 2.20. The maximum absolute atomic E-state index is 11.6. The number of hydrogen-bond acceptors (Lipinski definition) is 4. The number of benzene rings is 1. The molecule has 1 rings (SSSR count). The van der Waals surface area contributed by atoms with Gasteiger partial charge in [0, 0.05) is 6.54 Å². The Labute approximate surface area is 127 Å². The van der Waals surface area contributed by atoms with E-state index in [4.69, 9.17) is 9.05 Å². The van der Waals surface area contributed by atoms with E-state index >= 15 is 0 Å². The molecule has 0 aliphatic rings. The summed E-state index contributed by atoms with van der Waals surface area (Å²) >= 11 is 0. The van der Waals surface area contributed by atoms with Crippen LogP contribution in [0.15, 0.2) is 18.2 Å². The first kappa shape index (κ1) is 18.3. The predicted molar refractivity (Wildman–Crippen MR) is 84.5 cm³/mol. The van der Waals surface area contributed by atoms with Gasteiger partial charge < -0.3 is 9.79 Å². The van der Waals surface area contributed by atoms with E-state index in [1.807, 2.05) is 19.0 Å². The molecule has 0 saturated heterocycles. The SMILES string of the molecule is Cc1ccc(CCCOP(=O)(O)OCCN(C)C)cc1C. The van der Waals surface area contributed by atoms with Crippen molar-refractivity contribution in [2.24, 2.45) is 0 Å². The number of nitrogens with zero attached hydrogens (tertiary/aromatic N) is 1. The Kier molecular flexibility index (Phi) is 7.57. The molecule has 1 N–H and O–H groups in total. The van der Waals surface area contributed by atoms with Gasteiger partial charge in [-0.1, -0.05) is 18.2 Å². The van der Waals surface area contributed by atoms with Crippen LogP contribution in [0.1, 0.15) is 23.1 Å². The molecular weight excluding hydrogens is 289 g/mol. The largest absolute Gasteiger partial charge is 0.472 e. The Morgan fingerprint density at radius 2 is 1.81 bits per heavy atom. The second-order valence-corrected chi connectivity index (χ2v) is 6.91. The molecule has 120 valence electrons. The minimum absolute atomic E-state index is 0.179. The average molecular weight is 315 g/mol. The first-order chi connectivity index (χ1) is 9.80. The van der Waals surface area contributed by atoms with Gasteiger partial charge in [0.15, 0.2) is 0 Å². The number of phosphoric ester groups is 1. The zero-order valence-corrected chi connectivity index (χ0v) is 14.2. The Hall–Kier alpha value is -0.710. The van der Waals surface area contributed by atoms with Crippen molar-refractivity contribution in [2.45, 2.75) is 26.7 Å². The molecule has 1 unspecified atom stereocenters. The van der Waals surface area contributed by atoms with E-state index in [1.54, 1.807) is 0 Å². The molecule has 0 aromatic heterocycles.